The summed E-state index contributed by atoms with van der Waals surface area (Å²) in [6, 6.07) is 13.9. The normalized spacial score (nSPS) is 10.5. The van der Waals surface area contributed by atoms with E-state index in [2.05, 4.69) is 28.9 Å². The van der Waals surface area contributed by atoms with Crippen LogP contribution in [0.4, 0.5) is 0 Å². The van der Waals surface area contributed by atoms with Crippen molar-refractivity contribution in [3.63, 3.8) is 0 Å². The van der Waals surface area contributed by atoms with E-state index in [1.54, 1.807) is 11.8 Å². The van der Waals surface area contributed by atoms with E-state index in [0.29, 0.717) is 5.75 Å². The van der Waals surface area contributed by atoms with Crippen molar-refractivity contribution in [1.82, 2.24) is 0 Å². The minimum Gasteiger partial charge on any atom is -0.507 e. The number of hydrogen-bond acceptors (Lipinski definition) is 2. The van der Waals surface area contributed by atoms with Crippen molar-refractivity contribution < 1.29 is 5.11 Å². The van der Waals surface area contributed by atoms with Crippen molar-refractivity contribution in [1.29, 1.82) is 0 Å². The Morgan fingerprint density at radius 3 is 2.41 bits per heavy atom. The van der Waals surface area contributed by atoms with Gasteiger partial charge in [0.25, 0.3) is 0 Å². The van der Waals surface area contributed by atoms with Crippen molar-refractivity contribution >= 4 is 27.7 Å². The van der Waals surface area contributed by atoms with Crippen molar-refractivity contribution in [3.8, 4) is 5.75 Å². The van der Waals surface area contributed by atoms with Gasteiger partial charge in [0.05, 0.1) is 4.90 Å². The van der Waals surface area contributed by atoms with Gasteiger partial charge in [-0.15, -0.1) is 0 Å². The molecule has 0 spiro atoms. The maximum Gasteiger partial charge on any atom is 0.129 e. The lowest BCUT2D eigenvalue weighted by molar-refractivity contribution is 0.461. The standard InChI is InChI=1S/C14H13BrOS/c1-2-10-3-8-14(13(16)9-10)17-12-6-4-11(15)5-7-12/h3-9,16H,2H2,1H3. The largest absolute Gasteiger partial charge is 0.507 e. The molecule has 0 heterocycles. The van der Waals surface area contributed by atoms with E-state index < -0.39 is 0 Å². The number of phenols is 1. The first-order valence-corrected chi connectivity index (χ1v) is 7.05. The Kier molecular flexibility index (Phi) is 4.13. The quantitative estimate of drug-likeness (QED) is 0.873. The van der Waals surface area contributed by atoms with Gasteiger partial charge >= 0.3 is 0 Å². The lowest BCUT2D eigenvalue weighted by Crippen LogP contribution is -1.81. The molecule has 0 aliphatic carbocycles. The molecule has 2 aromatic carbocycles. The first kappa shape index (κ1) is 12.5. The molecule has 2 rings (SSSR count). The Morgan fingerprint density at radius 1 is 1.12 bits per heavy atom. The zero-order chi connectivity index (χ0) is 12.3. The summed E-state index contributed by atoms with van der Waals surface area (Å²) in [4.78, 5) is 2.01. The molecule has 2 aromatic rings. The highest BCUT2D eigenvalue weighted by Crippen LogP contribution is 2.35. The monoisotopic (exact) mass is 308 g/mol. The summed E-state index contributed by atoms with van der Waals surface area (Å²) in [7, 11) is 0. The Labute approximate surface area is 114 Å². The first-order valence-electron chi connectivity index (χ1n) is 5.44. The molecule has 0 bridgehead atoms. The number of phenolic OH excluding ortho intramolecular Hbond substituents is 1. The van der Waals surface area contributed by atoms with Crippen LogP contribution in [-0.2, 0) is 6.42 Å². The van der Waals surface area contributed by atoms with E-state index in [0.717, 1.165) is 26.2 Å². The molecule has 17 heavy (non-hydrogen) atoms. The van der Waals surface area contributed by atoms with Crippen LogP contribution < -0.4 is 0 Å². The molecule has 0 atom stereocenters. The van der Waals surface area contributed by atoms with Crippen LogP contribution in [0.15, 0.2) is 56.7 Å². The van der Waals surface area contributed by atoms with Crippen LogP contribution in [0.2, 0.25) is 0 Å². The number of hydrogen-bond donors (Lipinski definition) is 1. The van der Waals surface area contributed by atoms with Crippen LogP contribution >= 0.6 is 27.7 Å². The van der Waals surface area contributed by atoms with Gasteiger partial charge in [0, 0.05) is 9.37 Å². The molecule has 0 saturated heterocycles. The van der Waals surface area contributed by atoms with Gasteiger partial charge in [-0.05, 0) is 48.4 Å². The van der Waals surface area contributed by atoms with E-state index in [1.165, 1.54) is 0 Å². The molecule has 0 amide bonds. The fourth-order valence-corrected chi connectivity index (χ4v) is 2.59. The third kappa shape index (κ3) is 3.27. The maximum absolute atomic E-state index is 9.91. The molecule has 0 fully saturated rings. The highest BCUT2D eigenvalue weighted by atomic mass is 79.9. The molecule has 88 valence electrons. The molecule has 0 radical (unpaired) electrons. The highest BCUT2D eigenvalue weighted by molar-refractivity contribution is 9.10. The van der Waals surface area contributed by atoms with Crippen LogP contribution in [-0.4, -0.2) is 5.11 Å². The molecule has 0 aromatic heterocycles. The second-order valence-electron chi connectivity index (χ2n) is 3.71. The van der Waals surface area contributed by atoms with E-state index in [4.69, 9.17) is 0 Å². The van der Waals surface area contributed by atoms with Gasteiger partial charge in [0.2, 0.25) is 0 Å². The van der Waals surface area contributed by atoms with Gasteiger partial charge in [0.15, 0.2) is 0 Å². The van der Waals surface area contributed by atoms with Crippen LogP contribution in [0.1, 0.15) is 12.5 Å². The zero-order valence-electron chi connectivity index (χ0n) is 9.48. The van der Waals surface area contributed by atoms with E-state index in [1.807, 2.05) is 36.4 Å². The summed E-state index contributed by atoms with van der Waals surface area (Å²) in [5.74, 6) is 0.359. The number of aryl methyl sites for hydroxylation is 1. The predicted molar refractivity (Wildman–Crippen MR) is 75.7 cm³/mol. The molecule has 0 unspecified atom stereocenters. The van der Waals surface area contributed by atoms with Gasteiger partial charge in [0.1, 0.15) is 5.75 Å². The summed E-state index contributed by atoms with van der Waals surface area (Å²) in [6.45, 7) is 2.08. The molecule has 1 N–H and O–H groups in total. The third-order valence-electron chi connectivity index (χ3n) is 2.47. The fraction of sp³-hybridized carbons (Fsp3) is 0.143. The lowest BCUT2D eigenvalue weighted by atomic mass is 10.2. The number of benzene rings is 2. The lowest BCUT2D eigenvalue weighted by Gasteiger charge is -2.06. The number of aromatic hydroxyl groups is 1. The SMILES string of the molecule is CCc1ccc(Sc2ccc(Br)cc2)c(O)c1. The highest BCUT2D eigenvalue weighted by Gasteiger charge is 2.04. The van der Waals surface area contributed by atoms with Gasteiger partial charge in [-0.2, -0.15) is 0 Å². The minimum atomic E-state index is 0.359. The summed E-state index contributed by atoms with van der Waals surface area (Å²) in [5.41, 5.74) is 1.16. The van der Waals surface area contributed by atoms with Gasteiger partial charge in [-0.3, -0.25) is 0 Å². The molecular formula is C14H13BrOS. The Bertz CT molecular complexity index is 508. The topological polar surface area (TPSA) is 20.2 Å². The van der Waals surface area contributed by atoms with Crippen LogP contribution in [0.5, 0.6) is 5.75 Å². The Morgan fingerprint density at radius 2 is 1.82 bits per heavy atom. The van der Waals surface area contributed by atoms with Crippen molar-refractivity contribution in [2.45, 2.75) is 23.1 Å². The maximum atomic E-state index is 9.91. The average molecular weight is 309 g/mol. The third-order valence-corrected chi connectivity index (χ3v) is 4.07. The summed E-state index contributed by atoms with van der Waals surface area (Å²) >= 11 is 4.98. The number of rotatable bonds is 3. The van der Waals surface area contributed by atoms with E-state index >= 15 is 0 Å². The van der Waals surface area contributed by atoms with Crippen molar-refractivity contribution in [2.24, 2.45) is 0 Å². The van der Waals surface area contributed by atoms with Crippen LogP contribution in [0.3, 0.4) is 0 Å². The van der Waals surface area contributed by atoms with Crippen LogP contribution in [0.25, 0.3) is 0 Å². The molecule has 3 heteroatoms. The number of halogens is 1. The van der Waals surface area contributed by atoms with Gasteiger partial charge in [-0.1, -0.05) is 40.7 Å². The summed E-state index contributed by atoms with van der Waals surface area (Å²) in [6.07, 6.45) is 0.941. The average Bonchev–Trinajstić information content (AvgIpc) is 2.34. The molecule has 1 nitrogen and oxygen atoms in total. The van der Waals surface area contributed by atoms with E-state index in [9.17, 15) is 5.11 Å². The van der Waals surface area contributed by atoms with Crippen LogP contribution in [0, 0.1) is 0 Å². The van der Waals surface area contributed by atoms with Gasteiger partial charge in [-0.25, -0.2) is 0 Å². The van der Waals surface area contributed by atoms with Crippen molar-refractivity contribution in [2.75, 3.05) is 0 Å². The molecule has 0 aliphatic heterocycles. The fourth-order valence-electron chi connectivity index (χ4n) is 1.50. The first-order chi connectivity index (χ1) is 8.19. The van der Waals surface area contributed by atoms with Gasteiger partial charge < -0.3 is 5.11 Å². The van der Waals surface area contributed by atoms with E-state index in [-0.39, 0.29) is 0 Å². The second kappa shape index (κ2) is 5.61. The zero-order valence-corrected chi connectivity index (χ0v) is 11.9. The molecule has 0 aliphatic rings. The smallest absolute Gasteiger partial charge is 0.129 e. The Balaban J connectivity index is 2.21. The molecule has 0 saturated carbocycles. The van der Waals surface area contributed by atoms with Crippen molar-refractivity contribution in [3.05, 3.63) is 52.5 Å². The molecular weight excluding hydrogens is 296 g/mol. The second-order valence-corrected chi connectivity index (χ2v) is 5.74. The predicted octanol–water partition coefficient (Wildman–Crippen LogP) is 4.87. The minimum absolute atomic E-state index is 0.359. The summed E-state index contributed by atoms with van der Waals surface area (Å²) < 4.78 is 1.06. The Hall–Kier alpha value is -0.930. The summed E-state index contributed by atoms with van der Waals surface area (Å²) in [5, 5.41) is 9.91.